The summed E-state index contributed by atoms with van der Waals surface area (Å²) in [6, 6.07) is 12.6. The van der Waals surface area contributed by atoms with Gasteiger partial charge in [-0.2, -0.15) is 11.8 Å². The van der Waals surface area contributed by atoms with E-state index in [1.165, 1.54) is 6.07 Å². The molecule has 2 atom stereocenters. The number of aryl methyl sites for hydroxylation is 1. The van der Waals surface area contributed by atoms with E-state index in [2.05, 4.69) is 10.6 Å². The van der Waals surface area contributed by atoms with Gasteiger partial charge in [0.1, 0.15) is 23.4 Å². The van der Waals surface area contributed by atoms with Crippen LogP contribution in [0.3, 0.4) is 0 Å². The number of hydrogen-bond acceptors (Lipinski definition) is 6. The second-order valence-corrected chi connectivity index (χ2v) is 12.5. The van der Waals surface area contributed by atoms with Crippen molar-refractivity contribution < 1.29 is 24.2 Å². The Morgan fingerprint density at radius 3 is 2.25 bits per heavy atom. The van der Waals surface area contributed by atoms with E-state index in [4.69, 9.17) is 4.74 Å². The van der Waals surface area contributed by atoms with E-state index in [9.17, 15) is 19.5 Å². The summed E-state index contributed by atoms with van der Waals surface area (Å²) >= 11 is 1.56. The van der Waals surface area contributed by atoms with Crippen LogP contribution in [0.5, 0.6) is 5.75 Å². The Morgan fingerprint density at radius 1 is 1.05 bits per heavy atom. The van der Waals surface area contributed by atoms with Gasteiger partial charge in [0, 0.05) is 12.1 Å². The van der Waals surface area contributed by atoms with E-state index >= 15 is 0 Å². The van der Waals surface area contributed by atoms with Crippen LogP contribution in [0.15, 0.2) is 48.5 Å². The molecule has 2 aromatic rings. The van der Waals surface area contributed by atoms with Gasteiger partial charge in [0.2, 0.25) is 11.8 Å². The van der Waals surface area contributed by atoms with Gasteiger partial charge in [-0.15, -0.1) is 0 Å². The fourth-order valence-electron chi connectivity index (χ4n) is 4.20. The van der Waals surface area contributed by atoms with Gasteiger partial charge in [0.15, 0.2) is 0 Å². The van der Waals surface area contributed by atoms with Gasteiger partial charge in [-0.1, -0.05) is 43.3 Å². The average molecular weight is 572 g/mol. The minimum Gasteiger partial charge on any atom is -0.508 e. The molecule has 0 saturated carbocycles. The zero-order valence-corrected chi connectivity index (χ0v) is 25.9. The fraction of sp³-hybridized carbons (Fsp3) is 0.516. The number of rotatable bonds is 12. The van der Waals surface area contributed by atoms with Crippen molar-refractivity contribution in [3.8, 4) is 5.75 Å². The first kappa shape index (κ1) is 33.0. The van der Waals surface area contributed by atoms with Crippen LogP contribution in [0.2, 0.25) is 0 Å². The molecule has 0 saturated heterocycles. The number of thioether (sulfide) groups is 1. The Balaban J connectivity index is 2.58. The summed E-state index contributed by atoms with van der Waals surface area (Å²) in [6.45, 7) is 13.1. The Bertz CT molecular complexity index is 1150. The first-order chi connectivity index (χ1) is 18.7. The number of nitrogens with zero attached hydrogens (tertiary/aromatic N) is 1. The first-order valence-corrected chi connectivity index (χ1v) is 15.0. The van der Waals surface area contributed by atoms with Crippen molar-refractivity contribution in [2.75, 3.05) is 12.0 Å². The van der Waals surface area contributed by atoms with Crippen molar-refractivity contribution in [2.24, 2.45) is 0 Å². The molecular weight excluding hydrogens is 526 g/mol. The molecule has 3 amide bonds. The maximum atomic E-state index is 14.4. The number of hydrogen-bond donors (Lipinski definition) is 3. The molecule has 0 aliphatic rings. The lowest BCUT2D eigenvalue weighted by atomic mass is 9.91. The molecule has 2 rings (SSSR count). The minimum atomic E-state index is -1.01. The van der Waals surface area contributed by atoms with Gasteiger partial charge in [-0.05, 0) is 95.2 Å². The number of benzene rings is 2. The number of alkyl carbamates (subject to hydrolysis) is 1. The summed E-state index contributed by atoms with van der Waals surface area (Å²) in [5.74, 6) is -0.0122. The van der Waals surface area contributed by atoms with Crippen LogP contribution in [0.4, 0.5) is 4.79 Å². The molecule has 0 spiro atoms. The van der Waals surface area contributed by atoms with E-state index in [1.54, 1.807) is 56.5 Å². The summed E-state index contributed by atoms with van der Waals surface area (Å²) in [4.78, 5) is 42.8. The zero-order chi connectivity index (χ0) is 30.1. The standard InChI is InChI=1S/C31H45N3O5S/c1-9-31(6,7)34(28(37)24(17-18-40-8)33-29(38)39-30(3,4)5)26(23-15-16-25(35)21(2)19-23)27(36)32-20-22-13-11-10-12-14-22/h10-16,19,24,26,35H,9,17-18,20H2,1-8H3,(H,32,36)(H,33,38). The maximum absolute atomic E-state index is 14.4. The predicted octanol–water partition coefficient (Wildman–Crippen LogP) is 5.72. The van der Waals surface area contributed by atoms with E-state index in [0.717, 1.165) is 5.56 Å². The second kappa shape index (κ2) is 14.4. The van der Waals surface area contributed by atoms with Crippen LogP contribution < -0.4 is 10.6 Å². The number of carbonyl (C=O) groups is 3. The molecule has 0 fully saturated rings. The quantitative estimate of drug-likeness (QED) is 0.301. The Kier molecular flexibility index (Phi) is 11.9. The Hall–Kier alpha value is -3.20. The molecule has 0 aliphatic carbocycles. The van der Waals surface area contributed by atoms with Gasteiger partial charge in [0.25, 0.3) is 0 Å². The third-order valence-corrected chi connectivity index (χ3v) is 7.35. The summed E-state index contributed by atoms with van der Waals surface area (Å²) < 4.78 is 5.46. The third kappa shape index (κ3) is 9.47. The summed E-state index contributed by atoms with van der Waals surface area (Å²) in [7, 11) is 0. The lowest BCUT2D eigenvalue weighted by Crippen LogP contribution is -2.59. The van der Waals surface area contributed by atoms with Crippen LogP contribution in [-0.2, 0) is 20.9 Å². The van der Waals surface area contributed by atoms with E-state index in [1.807, 2.05) is 57.4 Å². The minimum absolute atomic E-state index is 0.101. The fourth-order valence-corrected chi connectivity index (χ4v) is 4.68. The largest absolute Gasteiger partial charge is 0.508 e. The predicted molar refractivity (Wildman–Crippen MR) is 161 cm³/mol. The van der Waals surface area contributed by atoms with Crippen LogP contribution in [0, 0.1) is 6.92 Å². The molecule has 2 unspecified atom stereocenters. The number of amides is 3. The third-order valence-electron chi connectivity index (χ3n) is 6.71. The molecule has 3 N–H and O–H groups in total. The van der Waals surface area contributed by atoms with Gasteiger partial charge >= 0.3 is 6.09 Å². The van der Waals surface area contributed by atoms with Crippen molar-refractivity contribution in [1.82, 2.24) is 15.5 Å². The smallest absolute Gasteiger partial charge is 0.408 e. The highest BCUT2D eigenvalue weighted by molar-refractivity contribution is 7.98. The van der Waals surface area contributed by atoms with Gasteiger partial charge in [-0.25, -0.2) is 4.79 Å². The van der Waals surface area contributed by atoms with Crippen LogP contribution in [0.25, 0.3) is 0 Å². The van der Waals surface area contributed by atoms with Gasteiger partial charge in [0.05, 0.1) is 0 Å². The normalized spacial score (nSPS) is 13.2. The maximum Gasteiger partial charge on any atom is 0.408 e. The van der Waals surface area contributed by atoms with E-state index in [0.29, 0.717) is 29.7 Å². The Morgan fingerprint density at radius 2 is 1.70 bits per heavy atom. The van der Waals surface area contributed by atoms with Gasteiger partial charge < -0.3 is 25.4 Å². The topological polar surface area (TPSA) is 108 Å². The van der Waals surface area contributed by atoms with Crippen molar-refractivity contribution >= 4 is 29.7 Å². The highest BCUT2D eigenvalue weighted by Gasteiger charge is 2.43. The highest BCUT2D eigenvalue weighted by atomic mass is 32.2. The van der Waals surface area contributed by atoms with E-state index < -0.39 is 29.3 Å². The molecule has 0 aliphatic heterocycles. The Labute approximate surface area is 243 Å². The number of carbonyl (C=O) groups excluding carboxylic acids is 3. The van der Waals surface area contributed by atoms with E-state index in [-0.39, 0.29) is 24.1 Å². The monoisotopic (exact) mass is 571 g/mol. The molecule has 0 radical (unpaired) electrons. The number of phenols is 1. The lowest BCUT2D eigenvalue weighted by molar-refractivity contribution is -0.149. The molecule has 2 aromatic carbocycles. The van der Waals surface area contributed by atoms with Crippen LogP contribution in [-0.4, -0.2) is 57.1 Å². The molecule has 8 nitrogen and oxygen atoms in total. The molecule has 40 heavy (non-hydrogen) atoms. The molecule has 220 valence electrons. The van der Waals surface area contributed by atoms with Crippen molar-refractivity contribution in [1.29, 1.82) is 0 Å². The number of phenolic OH excluding ortho intramolecular Hbond substituents is 1. The summed E-state index contributed by atoms with van der Waals surface area (Å²) in [6.07, 6.45) is 2.16. The van der Waals surface area contributed by atoms with Gasteiger partial charge in [-0.3, -0.25) is 9.59 Å². The summed E-state index contributed by atoms with van der Waals surface area (Å²) in [5, 5.41) is 16.0. The highest BCUT2D eigenvalue weighted by Crippen LogP contribution is 2.34. The number of nitrogens with one attached hydrogen (secondary N) is 2. The number of ether oxygens (including phenoxy) is 1. The molecule has 9 heteroatoms. The van der Waals surface area contributed by atoms with Crippen LogP contribution >= 0.6 is 11.8 Å². The van der Waals surface area contributed by atoms with Crippen molar-refractivity contribution in [2.45, 2.75) is 91.1 Å². The lowest BCUT2D eigenvalue weighted by Gasteiger charge is -2.44. The average Bonchev–Trinajstić information content (AvgIpc) is 2.89. The summed E-state index contributed by atoms with van der Waals surface area (Å²) in [5.41, 5.74) is 0.587. The molecular formula is C31H45N3O5S. The van der Waals surface area contributed by atoms with Crippen LogP contribution in [0.1, 0.15) is 77.1 Å². The first-order valence-electron chi connectivity index (χ1n) is 13.6. The van der Waals surface area contributed by atoms with Crippen molar-refractivity contribution in [3.63, 3.8) is 0 Å². The second-order valence-electron chi connectivity index (χ2n) is 11.5. The SMILES string of the molecule is CCC(C)(C)N(C(=O)C(CCSC)NC(=O)OC(C)(C)C)C(C(=O)NCc1ccccc1)c1ccc(O)c(C)c1. The van der Waals surface area contributed by atoms with Crippen molar-refractivity contribution in [3.05, 3.63) is 65.2 Å². The molecule has 0 bridgehead atoms. The molecule has 0 aromatic heterocycles. The molecule has 0 heterocycles. The number of aromatic hydroxyl groups is 1. The zero-order valence-electron chi connectivity index (χ0n) is 25.0.